The van der Waals surface area contributed by atoms with Gasteiger partial charge < -0.3 is 25.1 Å². The molecule has 2 atom stereocenters. The van der Waals surface area contributed by atoms with Crippen molar-refractivity contribution >= 4 is 23.2 Å². The number of H-pyrrole nitrogens is 1. The molecule has 2 aliphatic rings. The summed E-state index contributed by atoms with van der Waals surface area (Å²) in [6, 6.07) is 11.8. The number of nitrogen functional groups attached to an aromatic ring is 1. The summed E-state index contributed by atoms with van der Waals surface area (Å²) in [7, 11) is 0. The van der Waals surface area contributed by atoms with Gasteiger partial charge in [-0.2, -0.15) is 9.61 Å². The summed E-state index contributed by atoms with van der Waals surface area (Å²) in [6.45, 7) is 5.18. The van der Waals surface area contributed by atoms with Crippen LogP contribution in [0.2, 0.25) is 0 Å². The number of benzene rings is 1. The summed E-state index contributed by atoms with van der Waals surface area (Å²) < 4.78 is 12.6. The lowest BCUT2D eigenvalue weighted by molar-refractivity contribution is 0.0556. The first kappa shape index (κ1) is 29.5. The minimum atomic E-state index is -0.164. The molecule has 6 heterocycles. The first-order valence-corrected chi connectivity index (χ1v) is 15.6. The van der Waals surface area contributed by atoms with Crippen molar-refractivity contribution in [2.24, 2.45) is 0 Å². The van der Waals surface area contributed by atoms with E-state index in [4.69, 9.17) is 25.2 Å². The molecule has 13 heteroatoms. The number of aromatic amines is 1. The number of piperidine rings is 1. The lowest BCUT2D eigenvalue weighted by Gasteiger charge is -2.38. The van der Waals surface area contributed by atoms with Crippen LogP contribution in [-0.4, -0.2) is 83.3 Å². The van der Waals surface area contributed by atoms with Crippen molar-refractivity contribution < 1.29 is 19.1 Å². The zero-order chi connectivity index (χ0) is 31.8. The maximum absolute atomic E-state index is 13.2. The molecule has 0 aliphatic carbocycles. The Balaban J connectivity index is 1.16. The molecule has 236 valence electrons. The molecule has 0 saturated carbocycles. The number of fused-ring (bicyclic) bond motifs is 3. The van der Waals surface area contributed by atoms with Crippen LogP contribution in [0.15, 0.2) is 55.1 Å². The van der Waals surface area contributed by atoms with Crippen LogP contribution >= 0.6 is 0 Å². The quantitative estimate of drug-likeness (QED) is 0.169. The molecule has 13 nitrogen and oxygen atoms in total. The predicted molar refractivity (Wildman–Crippen MR) is 169 cm³/mol. The highest BCUT2D eigenvalue weighted by Gasteiger charge is 2.45. The molecule has 3 N–H and O–H groups in total. The fourth-order valence-corrected chi connectivity index (χ4v) is 6.87. The average molecular weight is 622 g/mol. The number of ether oxygens (including phenoxy) is 2. The van der Waals surface area contributed by atoms with E-state index in [9.17, 15) is 9.59 Å². The zero-order valence-electron chi connectivity index (χ0n) is 25.7. The summed E-state index contributed by atoms with van der Waals surface area (Å²) in [4.78, 5) is 40.7. The first-order valence-electron chi connectivity index (χ1n) is 15.6. The third-order valence-electron chi connectivity index (χ3n) is 8.96. The van der Waals surface area contributed by atoms with Crippen LogP contribution < -0.4 is 10.5 Å². The summed E-state index contributed by atoms with van der Waals surface area (Å²) in [5, 5.41) is 12.2. The largest absolute Gasteiger partial charge is 0.491 e. The van der Waals surface area contributed by atoms with Gasteiger partial charge in [0.05, 0.1) is 29.8 Å². The number of amides is 1. The van der Waals surface area contributed by atoms with Crippen molar-refractivity contribution in [1.82, 2.24) is 39.7 Å². The second kappa shape index (κ2) is 12.3. The molecule has 1 amide bonds. The highest BCUT2D eigenvalue weighted by molar-refractivity contribution is 6.00. The van der Waals surface area contributed by atoms with E-state index >= 15 is 0 Å². The Labute approximate surface area is 265 Å². The molecule has 46 heavy (non-hydrogen) atoms. The minimum Gasteiger partial charge on any atom is -0.491 e. The minimum absolute atomic E-state index is 0.0113. The van der Waals surface area contributed by atoms with Crippen LogP contribution in [0.3, 0.4) is 0 Å². The molecule has 2 unspecified atom stereocenters. The van der Waals surface area contributed by atoms with Gasteiger partial charge in [0.15, 0.2) is 11.4 Å². The molecular weight excluding hydrogens is 586 g/mol. The Morgan fingerprint density at radius 1 is 1.02 bits per heavy atom. The number of nitrogens with one attached hydrogen (secondary N) is 1. The fourth-order valence-electron chi connectivity index (χ4n) is 6.87. The first-order chi connectivity index (χ1) is 22.4. The summed E-state index contributed by atoms with van der Waals surface area (Å²) >= 11 is 0. The Hall–Kier alpha value is -5.17. The van der Waals surface area contributed by atoms with Gasteiger partial charge in [-0.15, -0.1) is 10.2 Å². The Morgan fingerprint density at radius 3 is 2.43 bits per heavy atom. The average Bonchev–Trinajstić information content (AvgIpc) is 3.82. The monoisotopic (exact) mass is 621 g/mol. The molecular formula is C33H35N9O4. The number of carbonyl (C=O) groups excluding carboxylic acids is 2. The summed E-state index contributed by atoms with van der Waals surface area (Å²) in [6.07, 6.45) is 8.03. The molecule has 5 aromatic rings. The number of hydrogen-bond donors (Lipinski definition) is 2. The van der Waals surface area contributed by atoms with E-state index in [-0.39, 0.29) is 41.3 Å². The number of carbonyl (C=O) groups is 2. The molecule has 2 bridgehead atoms. The molecule has 4 aromatic heterocycles. The van der Waals surface area contributed by atoms with Gasteiger partial charge in [-0.3, -0.25) is 14.6 Å². The van der Waals surface area contributed by atoms with Crippen molar-refractivity contribution in [3.63, 3.8) is 0 Å². The smallest absolute Gasteiger partial charge is 0.292 e. The van der Waals surface area contributed by atoms with Crippen molar-refractivity contribution in [1.29, 1.82) is 0 Å². The molecule has 2 saturated heterocycles. The van der Waals surface area contributed by atoms with Gasteiger partial charge in [-0.05, 0) is 69.9 Å². The Morgan fingerprint density at radius 2 is 1.78 bits per heavy atom. The van der Waals surface area contributed by atoms with Crippen LogP contribution in [0.5, 0.6) is 5.75 Å². The standard InChI is InChI=1S/C33H35N9O4/c1-3-45-12-13-46-25-9-4-20(5-10-25)27-11-6-21(16-35-27)26-17-38-42-30(34)28(19(2)43)29(39-32(26)42)22-14-23-7-8-24(15-22)41(23)33(44)31-36-18-37-40-31/h4-6,9-11,16-18,22-24H,3,7-8,12-15,34H2,1-2H3,(H,36,37,40). The van der Waals surface area contributed by atoms with Crippen molar-refractivity contribution in [3.05, 3.63) is 72.2 Å². The van der Waals surface area contributed by atoms with E-state index in [1.165, 1.54) is 17.8 Å². The van der Waals surface area contributed by atoms with Crippen molar-refractivity contribution in [2.45, 2.75) is 57.5 Å². The maximum atomic E-state index is 13.2. The lowest BCUT2D eigenvalue weighted by Crippen LogP contribution is -2.46. The van der Waals surface area contributed by atoms with Gasteiger partial charge in [-0.25, -0.2) is 4.98 Å². The highest BCUT2D eigenvalue weighted by atomic mass is 16.5. The summed E-state index contributed by atoms with van der Waals surface area (Å²) in [5.74, 6) is 0.927. The van der Waals surface area contributed by atoms with E-state index in [0.717, 1.165) is 41.0 Å². The fraction of sp³-hybridized carbons (Fsp3) is 0.364. The SMILES string of the molecule is CCOCCOc1ccc(-c2ccc(-c3cnn4c(N)c(C(C)=O)c(C5CC6CCC(C5)N6C(=O)c5nnc[nH]5)nc34)cn2)cc1. The molecule has 0 spiro atoms. The van der Waals surface area contributed by atoms with Gasteiger partial charge in [0.1, 0.15) is 24.5 Å². The topological polar surface area (TPSA) is 167 Å². The lowest BCUT2D eigenvalue weighted by atomic mass is 9.85. The third kappa shape index (κ3) is 5.36. The van der Waals surface area contributed by atoms with E-state index < -0.39 is 0 Å². The van der Waals surface area contributed by atoms with Crippen LogP contribution in [0, 0.1) is 0 Å². The predicted octanol–water partition coefficient (Wildman–Crippen LogP) is 4.33. The van der Waals surface area contributed by atoms with Gasteiger partial charge in [0, 0.05) is 47.5 Å². The van der Waals surface area contributed by atoms with Crippen molar-refractivity contribution in [3.8, 4) is 28.1 Å². The van der Waals surface area contributed by atoms with E-state index in [0.29, 0.717) is 49.6 Å². The van der Waals surface area contributed by atoms with E-state index in [2.05, 4.69) is 20.3 Å². The summed E-state index contributed by atoms with van der Waals surface area (Å²) in [5.41, 5.74) is 11.6. The van der Waals surface area contributed by atoms with Gasteiger partial charge in [0.25, 0.3) is 5.91 Å². The van der Waals surface area contributed by atoms with Crippen LogP contribution in [0.1, 0.15) is 72.1 Å². The third-order valence-corrected chi connectivity index (χ3v) is 8.96. The van der Waals surface area contributed by atoms with Gasteiger partial charge >= 0.3 is 0 Å². The number of nitrogens with two attached hydrogens (primary N) is 1. The zero-order valence-corrected chi connectivity index (χ0v) is 25.7. The number of aromatic nitrogens is 7. The molecule has 0 radical (unpaired) electrons. The van der Waals surface area contributed by atoms with E-state index in [1.807, 2.05) is 48.2 Å². The number of hydrogen-bond acceptors (Lipinski definition) is 10. The molecule has 2 aliphatic heterocycles. The van der Waals surface area contributed by atoms with Crippen LogP contribution in [-0.2, 0) is 4.74 Å². The number of rotatable bonds is 10. The molecule has 2 fully saturated rings. The normalized spacial score (nSPS) is 19.1. The van der Waals surface area contributed by atoms with Gasteiger partial charge in [0.2, 0.25) is 5.82 Å². The second-order valence-corrected chi connectivity index (χ2v) is 11.7. The number of anilines is 1. The van der Waals surface area contributed by atoms with E-state index in [1.54, 1.807) is 12.4 Å². The number of ketones is 1. The van der Waals surface area contributed by atoms with Crippen molar-refractivity contribution in [2.75, 3.05) is 25.6 Å². The Kier molecular flexibility index (Phi) is 7.91. The van der Waals surface area contributed by atoms with Gasteiger partial charge in [-0.1, -0.05) is 6.07 Å². The number of pyridine rings is 1. The maximum Gasteiger partial charge on any atom is 0.292 e. The highest BCUT2D eigenvalue weighted by Crippen LogP contribution is 2.45. The molecule has 7 rings (SSSR count). The van der Waals surface area contributed by atoms with Crippen LogP contribution in [0.25, 0.3) is 28.0 Å². The second-order valence-electron chi connectivity index (χ2n) is 11.7. The number of Topliss-reactive ketones (excluding diaryl/α,β-unsaturated/α-hetero) is 1. The number of nitrogens with zero attached hydrogens (tertiary/aromatic N) is 7. The van der Waals surface area contributed by atoms with Crippen LogP contribution in [0.4, 0.5) is 5.82 Å². The Bertz CT molecular complexity index is 1860. The molecule has 1 aromatic carbocycles.